The number of nitrogens with two attached hydrogens (primary N) is 1. The van der Waals surface area contributed by atoms with Crippen LogP contribution in [0.4, 0.5) is 0 Å². The first kappa shape index (κ1) is 11.2. The molecule has 1 rings (SSSR count). The summed E-state index contributed by atoms with van der Waals surface area (Å²) in [5.41, 5.74) is 6.71. The van der Waals surface area contributed by atoms with E-state index in [0.29, 0.717) is 5.57 Å². The van der Waals surface area contributed by atoms with Crippen LogP contribution in [0.2, 0.25) is 0 Å². The van der Waals surface area contributed by atoms with E-state index >= 15 is 0 Å². The Bertz CT molecular complexity index is 438. The molecule has 1 aromatic rings. The van der Waals surface area contributed by atoms with Crippen molar-refractivity contribution < 1.29 is 0 Å². The third-order valence-corrected chi connectivity index (χ3v) is 1.96. The molecule has 0 aliphatic rings. The highest BCUT2D eigenvalue weighted by atomic mass is 32.1. The van der Waals surface area contributed by atoms with Gasteiger partial charge in [0.1, 0.15) is 11.1 Å². The second kappa shape index (κ2) is 5.74. The fourth-order valence-corrected chi connectivity index (χ4v) is 1.11. The third kappa shape index (κ3) is 3.75. The highest BCUT2D eigenvalue weighted by molar-refractivity contribution is 7.80. The molecule has 3 heteroatoms. The summed E-state index contributed by atoms with van der Waals surface area (Å²) in [6.07, 6.45) is 5.25. The fourth-order valence-electron chi connectivity index (χ4n) is 0.994. The average molecular weight is 214 g/mol. The Morgan fingerprint density at radius 1 is 1.33 bits per heavy atom. The number of rotatable bonds is 3. The molecule has 0 saturated heterocycles. The molecule has 0 spiro atoms. The second-order valence-electron chi connectivity index (χ2n) is 2.83. The zero-order chi connectivity index (χ0) is 11.1. The number of allylic oxidation sites excluding steroid dienone is 2. The average Bonchev–Trinajstić information content (AvgIpc) is 2.25. The number of nitriles is 1. The van der Waals surface area contributed by atoms with Crippen molar-refractivity contribution in [3.63, 3.8) is 0 Å². The quantitative estimate of drug-likeness (QED) is 0.364. The van der Waals surface area contributed by atoms with Crippen molar-refractivity contribution in [1.29, 1.82) is 5.26 Å². The van der Waals surface area contributed by atoms with Gasteiger partial charge in [-0.1, -0.05) is 54.7 Å². The fraction of sp³-hybridized carbons (Fsp3) is 0. The highest BCUT2D eigenvalue weighted by Gasteiger charge is 1.94. The van der Waals surface area contributed by atoms with Crippen molar-refractivity contribution >= 4 is 23.3 Å². The predicted molar refractivity (Wildman–Crippen MR) is 66.0 cm³/mol. The third-order valence-electron chi connectivity index (χ3n) is 1.74. The maximum atomic E-state index is 8.67. The molecule has 0 atom stereocenters. The van der Waals surface area contributed by atoms with E-state index in [-0.39, 0.29) is 4.99 Å². The molecule has 2 nitrogen and oxygen atoms in total. The number of hydrogen-bond acceptors (Lipinski definition) is 2. The number of hydrogen-bond donors (Lipinski definition) is 1. The molecule has 0 aliphatic heterocycles. The first-order valence-corrected chi connectivity index (χ1v) is 4.78. The minimum Gasteiger partial charge on any atom is -0.389 e. The molecule has 0 bridgehead atoms. The molecule has 0 unspecified atom stereocenters. The van der Waals surface area contributed by atoms with E-state index in [1.165, 1.54) is 0 Å². The predicted octanol–water partition coefficient (Wildman–Crippen LogP) is 2.44. The van der Waals surface area contributed by atoms with Crippen LogP contribution in [0.25, 0.3) is 6.08 Å². The van der Waals surface area contributed by atoms with Crippen LogP contribution in [0.3, 0.4) is 0 Å². The van der Waals surface area contributed by atoms with Crippen LogP contribution in [0.1, 0.15) is 5.56 Å². The van der Waals surface area contributed by atoms with Gasteiger partial charge in [0.25, 0.3) is 0 Å². The Balaban J connectivity index is 2.76. The number of thiocarbonyl (C=S) groups is 1. The lowest BCUT2D eigenvalue weighted by Crippen LogP contribution is -2.09. The van der Waals surface area contributed by atoms with Crippen molar-refractivity contribution in [3.8, 4) is 6.07 Å². The molecule has 0 heterocycles. The maximum Gasteiger partial charge on any atom is 0.114 e. The van der Waals surface area contributed by atoms with E-state index in [1.54, 1.807) is 12.2 Å². The Morgan fingerprint density at radius 2 is 2.00 bits per heavy atom. The Labute approximate surface area is 94.3 Å². The van der Waals surface area contributed by atoms with Gasteiger partial charge in [0, 0.05) is 0 Å². The van der Waals surface area contributed by atoms with Gasteiger partial charge in [0.2, 0.25) is 0 Å². The molecular weight excluding hydrogens is 204 g/mol. The lowest BCUT2D eigenvalue weighted by molar-refractivity contribution is 1.51. The van der Waals surface area contributed by atoms with Gasteiger partial charge in [-0.3, -0.25) is 0 Å². The number of benzene rings is 1. The van der Waals surface area contributed by atoms with Gasteiger partial charge in [-0.05, 0) is 11.6 Å². The normalized spacial score (nSPS) is 11.3. The van der Waals surface area contributed by atoms with Crippen LogP contribution >= 0.6 is 12.2 Å². The molecule has 2 N–H and O–H groups in total. The lowest BCUT2D eigenvalue weighted by atomic mass is 10.2. The van der Waals surface area contributed by atoms with Crippen molar-refractivity contribution in [1.82, 2.24) is 0 Å². The van der Waals surface area contributed by atoms with Crippen LogP contribution in [-0.2, 0) is 0 Å². The van der Waals surface area contributed by atoms with Crippen LogP contribution in [0.15, 0.2) is 48.1 Å². The zero-order valence-electron chi connectivity index (χ0n) is 8.05. The largest absolute Gasteiger partial charge is 0.389 e. The second-order valence-corrected chi connectivity index (χ2v) is 3.27. The van der Waals surface area contributed by atoms with Gasteiger partial charge >= 0.3 is 0 Å². The van der Waals surface area contributed by atoms with Gasteiger partial charge < -0.3 is 5.73 Å². The summed E-state index contributed by atoms with van der Waals surface area (Å²) in [5, 5.41) is 8.67. The van der Waals surface area contributed by atoms with Crippen molar-refractivity contribution in [2.24, 2.45) is 5.73 Å². The van der Waals surface area contributed by atoms with Crippen LogP contribution in [-0.4, -0.2) is 4.99 Å². The van der Waals surface area contributed by atoms with Gasteiger partial charge in [-0.2, -0.15) is 5.26 Å². The molecule has 0 aromatic heterocycles. The van der Waals surface area contributed by atoms with E-state index in [9.17, 15) is 0 Å². The van der Waals surface area contributed by atoms with Gasteiger partial charge in [0.05, 0.1) is 5.57 Å². The molecule has 0 fully saturated rings. The summed E-state index contributed by atoms with van der Waals surface area (Å²) in [7, 11) is 0. The number of nitrogens with zero attached hydrogens (tertiary/aromatic N) is 1. The molecule has 0 saturated carbocycles. The summed E-state index contributed by atoms with van der Waals surface area (Å²) >= 11 is 4.70. The maximum absolute atomic E-state index is 8.67. The van der Waals surface area contributed by atoms with E-state index in [4.69, 9.17) is 23.2 Å². The first-order valence-electron chi connectivity index (χ1n) is 4.37. The van der Waals surface area contributed by atoms with Crippen LogP contribution in [0.5, 0.6) is 0 Å². The lowest BCUT2D eigenvalue weighted by Gasteiger charge is -1.91. The van der Waals surface area contributed by atoms with Crippen LogP contribution < -0.4 is 5.73 Å². The van der Waals surface area contributed by atoms with Crippen molar-refractivity contribution in [3.05, 3.63) is 53.6 Å². The van der Waals surface area contributed by atoms with Crippen molar-refractivity contribution in [2.45, 2.75) is 0 Å². The zero-order valence-corrected chi connectivity index (χ0v) is 8.87. The standard InChI is InChI=1S/C12H10N2S/c13-9-11(12(14)15)8-4-7-10-5-2-1-3-6-10/h1-8H,(H2,14,15)/b7-4-,11-8+. The molecular formula is C12H10N2S. The molecule has 0 amide bonds. The summed E-state index contributed by atoms with van der Waals surface area (Å²) in [5.74, 6) is 0. The Hall–Kier alpha value is -1.92. The summed E-state index contributed by atoms with van der Waals surface area (Å²) in [6, 6.07) is 11.7. The Kier molecular flexibility index (Phi) is 4.27. The minimum atomic E-state index is 0.121. The van der Waals surface area contributed by atoms with E-state index < -0.39 is 0 Å². The molecule has 74 valence electrons. The topological polar surface area (TPSA) is 49.8 Å². The van der Waals surface area contributed by atoms with E-state index in [0.717, 1.165) is 5.56 Å². The Morgan fingerprint density at radius 3 is 2.53 bits per heavy atom. The minimum absolute atomic E-state index is 0.121. The van der Waals surface area contributed by atoms with E-state index in [1.807, 2.05) is 42.5 Å². The van der Waals surface area contributed by atoms with Crippen LogP contribution in [0, 0.1) is 11.3 Å². The molecule has 0 aliphatic carbocycles. The van der Waals surface area contributed by atoms with Gasteiger partial charge in [-0.15, -0.1) is 0 Å². The molecule has 0 radical (unpaired) electrons. The van der Waals surface area contributed by atoms with Gasteiger partial charge in [0.15, 0.2) is 0 Å². The first-order chi connectivity index (χ1) is 7.24. The monoisotopic (exact) mass is 214 g/mol. The van der Waals surface area contributed by atoms with Gasteiger partial charge in [-0.25, -0.2) is 0 Å². The summed E-state index contributed by atoms with van der Waals surface area (Å²) < 4.78 is 0. The highest BCUT2D eigenvalue weighted by Crippen LogP contribution is 2.02. The molecule has 1 aromatic carbocycles. The SMILES string of the molecule is N#C/C(=C\C=C/c1ccccc1)C(N)=S. The summed E-state index contributed by atoms with van der Waals surface area (Å²) in [4.78, 5) is 0.121. The van der Waals surface area contributed by atoms with Crippen molar-refractivity contribution in [2.75, 3.05) is 0 Å². The molecule has 15 heavy (non-hydrogen) atoms. The summed E-state index contributed by atoms with van der Waals surface area (Å²) in [6.45, 7) is 0. The van der Waals surface area contributed by atoms with E-state index in [2.05, 4.69) is 0 Å². The smallest absolute Gasteiger partial charge is 0.114 e.